The van der Waals surface area contributed by atoms with Gasteiger partial charge in [-0.3, -0.25) is 0 Å². The van der Waals surface area contributed by atoms with Crippen molar-refractivity contribution in [2.24, 2.45) is 0 Å². The Morgan fingerprint density at radius 1 is 0.318 bits per heavy atom. The van der Waals surface area contributed by atoms with E-state index in [1.54, 1.807) is 0 Å². The fraction of sp³-hybridized carbons (Fsp3) is 0.0462. The maximum atomic E-state index is 2.40. The van der Waals surface area contributed by atoms with Gasteiger partial charge < -0.3 is 4.90 Å². The van der Waals surface area contributed by atoms with Crippen LogP contribution in [0, 0.1) is 0 Å². The third-order valence-corrected chi connectivity index (χ3v) is 13.7. The number of rotatable bonds is 8. The number of para-hydroxylation sites is 2. The van der Waals surface area contributed by atoms with Gasteiger partial charge in [0.25, 0.3) is 0 Å². The Hall–Kier alpha value is -8.26. The lowest BCUT2D eigenvalue weighted by atomic mass is 9.76. The summed E-state index contributed by atoms with van der Waals surface area (Å²) >= 11 is 0. The second kappa shape index (κ2) is 16.7. The lowest BCUT2D eigenvalue weighted by Crippen LogP contribution is -2.09. The fourth-order valence-electron chi connectivity index (χ4n) is 10.7. The van der Waals surface area contributed by atoms with E-state index in [0.717, 1.165) is 23.5 Å². The Morgan fingerprint density at radius 2 is 0.697 bits per heavy atom. The summed E-state index contributed by atoms with van der Waals surface area (Å²) in [5, 5.41) is 7.59. The Labute approximate surface area is 387 Å². The van der Waals surface area contributed by atoms with Gasteiger partial charge in [0.05, 0.1) is 0 Å². The topological polar surface area (TPSA) is 3.24 Å². The van der Waals surface area contributed by atoms with E-state index in [9.17, 15) is 0 Å². The van der Waals surface area contributed by atoms with Crippen LogP contribution in [0.1, 0.15) is 30.4 Å². The summed E-state index contributed by atoms with van der Waals surface area (Å²) in [4.78, 5) is 2.33. The lowest BCUT2D eigenvalue weighted by Gasteiger charge is -2.28. The Balaban J connectivity index is 1.01. The molecule has 0 N–H and O–H groups in total. The number of fused-ring (bicyclic) bond motifs is 4. The van der Waals surface area contributed by atoms with Crippen molar-refractivity contribution in [2.45, 2.75) is 19.3 Å². The van der Waals surface area contributed by atoms with Crippen molar-refractivity contribution >= 4 is 55.5 Å². The van der Waals surface area contributed by atoms with Crippen molar-refractivity contribution in [3.05, 3.63) is 254 Å². The van der Waals surface area contributed by atoms with Crippen LogP contribution in [0.2, 0.25) is 0 Å². The molecule has 0 saturated heterocycles. The molecule has 1 aliphatic carbocycles. The molecule has 0 aromatic heterocycles. The van der Waals surface area contributed by atoms with Crippen LogP contribution < -0.4 is 4.90 Å². The molecule has 0 saturated carbocycles. The number of benzene rings is 11. The number of allylic oxidation sites excluding steroid dienone is 1. The molecule has 1 nitrogen and oxygen atoms in total. The lowest BCUT2D eigenvalue weighted by molar-refractivity contribution is 0.775. The fourth-order valence-corrected chi connectivity index (χ4v) is 10.7. The van der Waals surface area contributed by atoms with Gasteiger partial charge >= 0.3 is 0 Å². The molecular weight excluding hydrogens is 795 g/mol. The van der Waals surface area contributed by atoms with Crippen molar-refractivity contribution in [2.75, 3.05) is 4.90 Å². The second-order valence-electron chi connectivity index (χ2n) is 17.6. The first kappa shape index (κ1) is 39.3. The monoisotopic (exact) mass is 841 g/mol. The van der Waals surface area contributed by atoms with Crippen LogP contribution in [0.3, 0.4) is 0 Å². The van der Waals surface area contributed by atoms with Gasteiger partial charge in [-0.2, -0.15) is 0 Å². The Kier molecular flexibility index (Phi) is 9.95. The second-order valence-corrected chi connectivity index (χ2v) is 17.6. The largest absolute Gasteiger partial charge is 0.311 e. The highest BCUT2D eigenvalue weighted by molar-refractivity contribution is 6.22. The van der Waals surface area contributed by atoms with E-state index in [0.29, 0.717) is 5.92 Å². The van der Waals surface area contributed by atoms with Crippen LogP contribution in [0.15, 0.2) is 243 Å². The summed E-state index contributed by atoms with van der Waals surface area (Å²) in [5.74, 6) is 0.356. The molecule has 1 atom stereocenters. The third-order valence-electron chi connectivity index (χ3n) is 13.7. The van der Waals surface area contributed by atoms with Gasteiger partial charge in [0.1, 0.15) is 0 Å². The first-order chi connectivity index (χ1) is 32.7. The highest BCUT2D eigenvalue weighted by atomic mass is 15.1. The van der Waals surface area contributed by atoms with Crippen molar-refractivity contribution < 1.29 is 0 Å². The molecule has 11 aromatic carbocycles. The minimum atomic E-state index is 0.356. The molecule has 11 aromatic rings. The highest BCUT2D eigenvalue weighted by Crippen LogP contribution is 2.50. The van der Waals surface area contributed by atoms with Crippen LogP contribution in [0.25, 0.3) is 94.0 Å². The van der Waals surface area contributed by atoms with Crippen molar-refractivity contribution in [1.82, 2.24) is 0 Å². The average Bonchev–Trinajstić information content (AvgIpc) is 3.39. The maximum Gasteiger partial charge on any atom is 0.0462 e. The summed E-state index contributed by atoms with van der Waals surface area (Å²) in [6, 6.07) is 86.7. The third kappa shape index (κ3) is 6.80. The van der Waals surface area contributed by atoms with Crippen molar-refractivity contribution in [3.8, 4) is 55.6 Å². The zero-order chi connectivity index (χ0) is 44.0. The molecule has 12 rings (SSSR count). The van der Waals surface area contributed by atoms with E-state index >= 15 is 0 Å². The number of anilines is 3. The zero-order valence-corrected chi connectivity index (χ0v) is 36.9. The van der Waals surface area contributed by atoms with Gasteiger partial charge in [0.15, 0.2) is 0 Å². The first-order valence-corrected chi connectivity index (χ1v) is 23.2. The molecule has 1 heteroatoms. The minimum absolute atomic E-state index is 0.356. The summed E-state index contributed by atoms with van der Waals surface area (Å²) < 4.78 is 0. The van der Waals surface area contributed by atoms with Gasteiger partial charge in [-0.25, -0.2) is 0 Å². The normalized spacial score (nSPS) is 13.3. The first-order valence-electron chi connectivity index (χ1n) is 23.2. The summed E-state index contributed by atoms with van der Waals surface area (Å²) in [5.41, 5.74) is 18.7. The Morgan fingerprint density at radius 3 is 1.27 bits per heavy atom. The SMILES string of the molecule is CC1CC=Cc2c1c(-c1ccc(N(c3ccccc3)c3ccccc3)cc1)c1ccccc1c2-c1ccc(-c2c3ccccc3c(-c3ccccc3)c3cc(-c4ccccc4)ccc23)cc1. The predicted molar refractivity (Wildman–Crippen MR) is 283 cm³/mol. The number of hydrogen-bond donors (Lipinski definition) is 0. The molecule has 0 bridgehead atoms. The van der Waals surface area contributed by atoms with Gasteiger partial charge in [0, 0.05) is 17.1 Å². The van der Waals surface area contributed by atoms with Crippen LogP contribution in [0.4, 0.5) is 17.1 Å². The molecule has 0 heterocycles. The predicted octanol–water partition coefficient (Wildman–Crippen LogP) is 18.5. The summed E-state index contributed by atoms with van der Waals surface area (Å²) in [6.45, 7) is 2.40. The maximum absolute atomic E-state index is 2.40. The van der Waals surface area contributed by atoms with Crippen LogP contribution in [-0.4, -0.2) is 0 Å². The molecule has 66 heavy (non-hydrogen) atoms. The van der Waals surface area contributed by atoms with E-state index in [1.165, 1.54) is 99.1 Å². The van der Waals surface area contributed by atoms with Gasteiger partial charge in [-0.15, -0.1) is 0 Å². The van der Waals surface area contributed by atoms with E-state index in [2.05, 4.69) is 261 Å². The molecule has 0 radical (unpaired) electrons. The van der Waals surface area contributed by atoms with E-state index in [-0.39, 0.29) is 0 Å². The van der Waals surface area contributed by atoms with Gasteiger partial charge in [-0.1, -0.05) is 213 Å². The standard InChI is InChI=1S/C65H47N/c1-44-19-18-32-59-61(44)65(49-37-40-53(41-38-49)66(51-24-10-4-11-25-51)52-26-12-5-13-27-52)57-31-17-16-30-56(57)63(59)48-35-33-47(34-36-48)62-54-28-14-15-29-55(54)64(46-22-8-3-9-23-46)60-43-50(39-42-58(60)62)45-20-6-2-7-21-45/h2-18,20-44H,19H2,1H3. The molecule has 0 fully saturated rings. The highest BCUT2D eigenvalue weighted by Gasteiger charge is 2.26. The van der Waals surface area contributed by atoms with E-state index in [4.69, 9.17) is 0 Å². The van der Waals surface area contributed by atoms with Gasteiger partial charge in [-0.05, 0) is 154 Å². The minimum Gasteiger partial charge on any atom is -0.311 e. The summed E-state index contributed by atoms with van der Waals surface area (Å²) in [6.07, 6.45) is 5.78. The molecule has 0 aliphatic heterocycles. The zero-order valence-electron chi connectivity index (χ0n) is 36.9. The van der Waals surface area contributed by atoms with Crippen LogP contribution >= 0.6 is 0 Å². The number of nitrogens with zero attached hydrogens (tertiary/aromatic N) is 1. The number of hydrogen-bond acceptors (Lipinski definition) is 1. The Bertz CT molecular complexity index is 3530. The summed E-state index contributed by atoms with van der Waals surface area (Å²) in [7, 11) is 0. The molecule has 1 aliphatic rings. The molecule has 312 valence electrons. The van der Waals surface area contributed by atoms with Gasteiger partial charge in [0.2, 0.25) is 0 Å². The smallest absolute Gasteiger partial charge is 0.0462 e. The molecule has 0 spiro atoms. The molecule has 1 unspecified atom stereocenters. The van der Waals surface area contributed by atoms with Crippen LogP contribution in [0.5, 0.6) is 0 Å². The van der Waals surface area contributed by atoms with Crippen LogP contribution in [-0.2, 0) is 0 Å². The van der Waals surface area contributed by atoms with Crippen molar-refractivity contribution in [1.29, 1.82) is 0 Å². The molecule has 0 amide bonds. The molecular formula is C65H47N. The van der Waals surface area contributed by atoms with E-state index < -0.39 is 0 Å². The quantitative estimate of drug-likeness (QED) is 0.138. The van der Waals surface area contributed by atoms with Crippen molar-refractivity contribution in [3.63, 3.8) is 0 Å². The average molecular weight is 842 g/mol. The van der Waals surface area contributed by atoms with E-state index in [1.807, 2.05) is 0 Å².